The molecule has 0 radical (unpaired) electrons. The van der Waals surface area contributed by atoms with Crippen molar-refractivity contribution >= 4 is 11.8 Å². The van der Waals surface area contributed by atoms with Gasteiger partial charge in [0.05, 0.1) is 18.7 Å². The Morgan fingerprint density at radius 2 is 2.06 bits per heavy atom. The fourth-order valence-corrected chi connectivity index (χ4v) is 1.55. The van der Waals surface area contributed by atoms with E-state index in [0.717, 1.165) is 0 Å². The summed E-state index contributed by atoms with van der Waals surface area (Å²) in [6.07, 6.45) is 1.33. The molecule has 0 atom stereocenters. The van der Waals surface area contributed by atoms with Crippen molar-refractivity contribution in [3.8, 4) is 0 Å². The van der Waals surface area contributed by atoms with Crippen molar-refractivity contribution in [3.05, 3.63) is 29.6 Å². The van der Waals surface area contributed by atoms with E-state index in [1.165, 1.54) is 18.3 Å². The van der Waals surface area contributed by atoms with Crippen molar-refractivity contribution in [2.45, 2.75) is 5.92 Å². The van der Waals surface area contributed by atoms with Crippen LogP contribution in [-0.4, -0.2) is 40.7 Å². The molecule has 0 aliphatic carbocycles. The first-order valence-electron chi connectivity index (χ1n) is 4.85. The fourth-order valence-electron chi connectivity index (χ4n) is 1.55. The second-order valence-electron chi connectivity index (χ2n) is 3.66. The number of rotatable bonds is 3. The van der Waals surface area contributed by atoms with E-state index in [4.69, 9.17) is 5.73 Å². The summed E-state index contributed by atoms with van der Waals surface area (Å²) in [5.74, 6) is -4.85. The number of hydrogen-bond donors (Lipinski definition) is 1. The van der Waals surface area contributed by atoms with Gasteiger partial charge in [0, 0.05) is 6.20 Å². The summed E-state index contributed by atoms with van der Waals surface area (Å²) in [6.45, 7) is -1.94. The van der Waals surface area contributed by atoms with Gasteiger partial charge in [0.15, 0.2) is 0 Å². The molecule has 2 heterocycles. The van der Waals surface area contributed by atoms with Crippen LogP contribution in [0.15, 0.2) is 18.3 Å². The zero-order valence-electron chi connectivity index (χ0n) is 8.69. The molecule has 7 heteroatoms. The highest BCUT2D eigenvalue weighted by atomic mass is 19.3. The normalized spacial score (nSPS) is 15.4. The predicted octanol–water partition coefficient (Wildman–Crippen LogP) is 0.272. The van der Waals surface area contributed by atoms with Crippen molar-refractivity contribution in [1.82, 2.24) is 9.88 Å². The number of nitrogens with zero attached hydrogens (tertiary/aromatic N) is 2. The molecule has 17 heavy (non-hydrogen) atoms. The van der Waals surface area contributed by atoms with E-state index in [1.807, 2.05) is 0 Å². The van der Waals surface area contributed by atoms with Gasteiger partial charge in [0.25, 0.3) is 17.7 Å². The third-order valence-electron chi connectivity index (χ3n) is 2.42. The van der Waals surface area contributed by atoms with Gasteiger partial charge in [-0.25, -0.2) is 8.78 Å². The van der Waals surface area contributed by atoms with Gasteiger partial charge in [-0.1, -0.05) is 0 Å². The topological polar surface area (TPSA) is 76.3 Å². The first kappa shape index (κ1) is 11.6. The predicted molar refractivity (Wildman–Crippen MR) is 53.6 cm³/mol. The van der Waals surface area contributed by atoms with Gasteiger partial charge in [0.2, 0.25) is 0 Å². The molecule has 5 nitrogen and oxygen atoms in total. The molecule has 0 saturated carbocycles. The minimum atomic E-state index is -3.28. The molecule has 0 aromatic carbocycles. The van der Waals surface area contributed by atoms with Crippen molar-refractivity contribution in [1.29, 1.82) is 0 Å². The van der Waals surface area contributed by atoms with Crippen LogP contribution in [-0.2, 0) is 0 Å². The van der Waals surface area contributed by atoms with Crippen LogP contribution in [0.4, 0.5) is 8.78 Å². The summed E-state index contributed by atoms with van der Waals surface area (Å²) in [5.41, 5.74) is 4.82. The molecule has 0 bridgehead atoms. The lowest BCUT2D eigenvalue weighted by atomic mass is 10.2. The number of pyridine rings is 1. The van der Waals surface area contributed by atoms with Crippen LogP contribution in [0.2, 0.25) is 0 Å². The van der Waals surface area contributed by atoms with Crippen LogP contribution in [0.1, 0.15) is 20.8 Å². The van der Waals surface area contributed by atoms with Crippen LogP contribution < -0.4 is 5.73 Å². The van der Waals surface area contributed by atoms with E-state index >= 15 is 0 Å². The molecule has 1 aromatic rings. The van der Waals surface area contributed by atoms with E-state index in [1.54, 1.807) is 0 Å². The van der Waals surface area contributed by atoms with Gasteiger partial charge in [-0.2, -0.15) is 0 Å². The van der Waals surface area contributed by atoms with Crippen LogP contribution in [0.3, 0.4) is 0 Å². The number of amides is 2. The lowest BCUT2D eigenvalue weighted by Crippen LogP contribution is -2.44. The van der Waals surface area contributed by atoms with E-state index in [2.05, 4.69) is 4.98 Å². The zero-order chi connectivity index (χ0) is 12.6. The number of fused-ring (bicyclic) bond motifs is 1. The monoisotopic (exact) mass is 241 g/mol. The smallest absolute Gasteiger partial charge is 0.280 e. The zero-order valence-corrected chi connectivity index (χ0v) is 8.69. The van der Waals surface area contributed by atoms with Crippen molar-refractivity contribution in [2.24, 2.45) is 5.73 Å². The van der Waals surface area contributed by atoms with E-state index < -0.39 is 30.8 Å². The molecular formula is C10H9F2N3O2. The maximum atomic E-state index is 13.1. The van der Waals surface area contributed by atoms with E-state index in [-0.39, 0.29) is 11.3 Å². The number of nitrogens with two attached hydrogens (primary N) is 1. The molecule has 1 aliphatic heterocycles. The summed E-state index contributed by atoms with van der Waals surface area (Å²) in [5, 5.41) is 0. The lowest BCUT2D eigenvalue weighted by Gasteiger charge is -2.20. The number of alkyl halides is 2. The summed E-state index contributed by atoms with van der Waals surface area (Å²) in [4.78, 5) is 27.5. The largest absolute Gasteiger partial charge is 0.325 e. The Bertz CT molecular complexity index is 455. The van der Waals surface area contributed by atoms with Gasteiger partial charge in [0.1, 0.15) is 5.69 Å². The van der Waals surface area contributed by atoms with Crippen molar-refractivity contribution < 1.29 is 18.4 Å². The Balaban J connectivity index is 2.31. The van der Waals surface area contributed by atoms with Crippen LogP contribution >= 0.6 is 0 Å². The second-order valence-corrected chi connectivity index (χ2v) is 3.66. The van der Waals surface area contributed by atoms with E-state index in [0.29, 0.717) is 4.90 Å². The number of aromatic nitrogens is 1. The Morgan fingerprint density at radius 3 is 2.65 bits per heavy atom. The molecule has 2 N–H and O–H groups in total. The third kappa shape index (κ3) is 1.89. The maximum absolute atomic E-state index is 13.1. The Labute approximate surface area is 95.2 Å². The van der Waals surface area contributed by atoms with Gasteiger partial charge in [-0.15, -0.1) is 0 Å². The molecule has 2 rings (SSSR count). The van der Waals surface area contributed by atoms with Gasteiger partial charge in [-0.3, -0.25) is 19.5 Å². The van der Waals surface area contributed by atoms with Gasteiger partial charge >= 0.3 is 0 Å². The molecule has 0 fully saturated rings. The van der Waals surface area contributed by atoms with Crippen LogP contribution in [0, 0.1) is 0 Å². The Morgan fingerprint density at radius 1 is 1.35 bits per heavy atom. The standard InChI is InChI=1S/C10H9F2N3O2/c11-10(12,4-13)5-15-8(16)6-2-1-3-14-7(6)9(15)17/h1-3H,4-5,13H2. The maximum Gasteiger partial charge on any atom is 0.280 e. The van der Waals surface area contributed by atoms with Crippen LogP contribution in [0.25, 0.3) is 0 Å². The van der Waals surface area contributed by atoms with Crippen molar-refractivity contribution in [2.75, 3.05) is 13.1 Å². The average Bonchev–Trinajstić information content (AvgIpc) is 2.55. The first-order valence-corrected chi connectivity index (χ1v) is 4.85. The van der Waals surface area contributed by atoms with Gasteiger partial charge < -0.3 is 5.73 Å². The summed E-state index contributed by atoms with van der Waals surface area (Å²) >= 11 is 0. The molecule has 0 spiro atoms. The number of hydrogen-bond acceptors (Lipinski definition) is 4. The molecule has 2 amide bonds. The molecule has 0 saturated heterocycles. The SMILES string of the molecule is NCC(F)(F)CN1C(=O)c2cccnc2C1=O. The average molecular weight is 241 g/mol. The molecule has 1 aromatic heterocycles. The molecular weight excluding hydrogens is 232 g/mol. The lowest BCUT2D eigenvalue weighted by molar-refractivity contribution is -0.0147. The third-order valence-corrected chi connectivity index (χ3v) is 2.42. The van der Waals surface area contributed by atoms with E-state index in [9.17, 15) is 18.4 Å². The Hall–Kier alpha value is -1.89. The fraction of sp³-hybridized carbons (Fsp3) is 0.300. The number of carbonyl (C=O) groups excluding carboxylic acids is 2. The minimum absolute atomic E-state index is 0.0466. The second kappa shape index (κ2) is 3.85. The summed E-state index contributed by atoms with van der Waals surface area (Å²) < 4.78 is 26.2. The van der Waals surface area contributed by atoms with Gasteiger partial charge in [-0.05, 0) is 12.1 Å². The summed E-state index contributed by atoms with van der Waals surface area (Å²) in [7, 11) is 0. The number of imide groups is 1. The molecule has 0 unspecified atom stereocenters. The first-order chi connectivity index (χ1) is 7.96. The number of halogens is 2. The number of carbonyl (C=O) groups is 2. The van der Waals surface area contributed by atoms with Crippen molar-refractivity contribution in [3.63, 3.8) is 0 Å². The molecule has 1 aliphatic rings. The van der Waals surface area contributed by atoms with Crippen LogP contribution in [0.5, 0.6) is 0 Å². The highest BCUT2D eigenvalue weighted by molar-refractivity contribution is 6.20. The Kier molecular flexibility index (Phi) is 2.62. The summed E-state index contributed by atoms with van der Waals surface area (Å²) in [6, 6.07) is 2.84. The highest BCUT2D eigenvalue weighted by Crippen LogP contribution is 2.24. The molecule has 90 valence electrons. The quantitative estimate of drug-likeness (QED) is 0.771. The minimum Gasteiger partial charge on any atom is -0.325 e. The highest BCUT2D eigenvalue weighted by Gasteiger charge is 2.42.